The number of nitrogens with two attached hydrogens (primary N) is 1. The van der Waals surface area contributed by atoms with Crippen molar-refractivity contribution in [1.29, 1.82) is 0 Å². The summed E-state index contributed by atoms with van der Waals surface area (Å²) in [5, 5.41) is 8.27. The molecule has 0 aromatic carbocycles. The van der Waals surface area contributed by atoms with Crippen LogP contribution < -0.4 is 5.73 Å². The molecule has 1 unspecified atom stereocenters. The quantitative estimate of drug-likeness (QED) is 0.830. The highest BCUT2D eigenvalue weighted by atomic mass is 15.3. The van der Waals surface area contributed by atoms with Crippen molar-refractivity contribution >= 4 is 0 Å². The summed E-state index contributed by atoms with van der Waals surface area (Å²) in [4.78, 5) is 7.02. The zero-order chi connectivity index (χ0) is 12.4. The Morgan fingerprint density at radius 3 is 2.76 bits per heavy atom. The monoisotopic (exact) mass is 234 g/mol. The largest absolute Gasteiger partial charge is 0.348 e. The molecule has 0 aliphatic carbocycles. The number of hydrogen-bond donors (Lipinski definition) is 2. The number of aromatic nitrogens is 5. The lowest BCUT2D eigenvalue weighted by atomic mass is 10.1. The van der Waals surface area contributed by atoms with E-state index in [4.69, 9.17) is 5.73 Å². The van der Waals surface area contributed by atoms with Gasteiger partial charge in [-0.3, -0.25) is 0 Å². The molecule has 0 saturated carbocycles. The highest BCUT2D eigenvalue weighted by molar-refractivity contribution is 5.06. The number of H-pyrrole nitrogens is 1. The van der Waals surface area contributed by atoms with Gasteiger partial charge in [0.2, 0.25) is 0 Å². The van der Waals surface area contributed by atoms with Crippen molar-refractivity contribution in [3.05, 3.63) is 29.9 Å². The van der Waals surface area contributed by atoms with E-state index in [9.17, 15) is 0 Å². The van der Waals surface area contributed by atoms with Gasteiger partial charge in [0.25, 0.3) is 0 Å². The molecule has 6 nitrogen and oxygen atoms in total. The molecule has 6 heteroatoms. The second kappa shape index (κ2) is 4.67. The predicted octanol–water partition coefficient (Wildman–Crippen LogP) is 1.13. The Morgan fingerprint density at radius 1 is 1.41 bits per heavy atom. The van der Waals surface area contributed by atoms with E-state index in [0.29, 0.717) is 12.5 Å². The fourth-order valence-corrected chi connectivity index (χ4v) is 2.00. The van der Waals surface area contributed by atoms with Gasteiger partial charge in [0.1, 0.15) is 5.82 Å². The van der Waals surface area contributed by atoms with E-state index in [-0.39, 0.29) is 6.04 Å². The van der Waals surface area contributed by atoms with Crippen molar-refractivity contribution in [2.75, 3.05) is 0 Å². The molecule has 17 heavy (non-hydrogen) atoms. The van der Waals surface area contributed by atoms with Crippen LogP contribution in [0.5, 0.6) is 0 Å². The van der Waals surface area contributed by atoms with Crippen LogP contribution in [-0.2, 0) is 6.42 Å². The van der Waals surface area contributed by atoms with E-state index < -0.39 is 0 Å². The molecule has 0 saturated heterocycles. The number of nitrogens with one attached hydrogen (secondary N) is 1. The summed E-state index contributed by atoms with van der Waals surface area (Å²) in [6.07, 6.45) is 4.12. The van der Waals surface area contributed by atoms with Crippen molar-refractivity contribution in [3.63, 3.8) is 0 Å². The number of imidazole rings is 1. The topological polar surface area (TPSA) is 85.4 Å². The van der Waals surface area contributed by atoms with Crippen LogP contribution in [0.3, 0.4) is 0 Å². The molecule has 0 radical (unpaired) electrons. The highest BCUT2D eigenvalue weighted by Gasteiger charge is 2.18. The molecule has 0 aliphatic rings. The van der Waals surface area contributed by atoms with E-state index in [1.807, 2.05) is 6.92 Å². The molecule has 0 spiro atoms. The summed E-state index contributed by atoms with van der Waals surface area (Å²) in [5.74, 6) is 1.72. The number of nitrogens with zero attached hydrogens (tertiary/aromatic N) is 4. The van der Waals surface area contributed by atoms with Crippen LogP contribution in [0.15, 0.2) is 12.5 Å². The highest BCUT2D eigenvalue weighted by Crippen LogP contribution is 2.18. The van der Waals surface area contributed by atoms with E-state index in [1.54, 1.807) is 12.5 Å². The van der Waals surface area contributed by atoms with Crippen LogP contribution in [0.25, 0.3) is 0 Å². The summed E-state index contributed by atoms with van der Waals surface area (Å²) in [7, 11) is 0. The first-order chi connectivity index (χ1) is 8.09. The first-order valence-electron chi connectivity index (χ1n) is 5.73. The molecule has 0 aliphatic heterocycles. The lowest BCUT2D eigenvalue weighted by Crippen LogP contribution is -2.20. The molecule has 2 rings (SSSR count). The van der Waals surface area contributed by atoms with Gasteiger partial charge in [-0.2, -0.15) is 0 Å². The van der Waals surface area contributed by atoms with Gasteiger partial charge in [-0.15, -0.1) is 10.2 Å². The number of hydrogen-bond acceptors (Lipinski definition) is 4. The van der Waals surface area contributed by atoms with Crippen molar-refractivity contribution in [1.82, 2.24) is 24.7 Å². The lowest BCUT2D eigenvalue weighted by molar-refractivity contribution is 0.517. The molecule has 92 valence electrons. The third-order valence-corrected chi connectivity index (χ3v) is 2.74. The maximum absolute atomic E-state index is 6.17. The Hall–Kier alpha value is -1.69. The summed E-state index contributed by atoms with van der Waals surface area (Å²) in [6.45, 7) is 6.14. The van der Waals surface area contributed by atoms with Crippen molar-refractivity contribution in [2.24, 2.45) is 5.73 Å². The predicted molar refractivity (Wildman–Crippen MR) is 64.4 cm³/mol. The third kappa shape index (κ3) is 2.36. The second-order valence-corrected chi connectivity index (χ2v) is 4.46. The molecule has 0 fully saturated rings. The minimum absolute atomic E-state index is 0.168. The number of aryl methyl sites for hydroxylation is 1. The molecule has 0 amide bonds. The van der Waals surface area contributed by atoms with Crippen molar-refractivity contribution < 1.29 is 0 Å². The average molecular weight is 234 g/mol. The van der Waals surface area contributed by atoms with Gasteiger partial charge in [0.05, 0.1) is 12.4 Å². The first kappa shape index (κ1) is 11.8. The van der Waals surface area contributed by atoms with Gasteiger partial charge in [-0.05, 0) is 20.8 Å². The molecule has 2 heterocycles. The molecule has 3 N–H and O–H groups in total. The van der Waals surface area contributed by atoms with Gasteiger partial charge in [0, 0.05) is 24.4 Å². The number of aromatic amines is 1. The fraction of sp³-hybridized carbons (Fsp3) is 0.545. The van der Waals surface area contributed by atoms with Crippen molar-refractivity contribution in [2.45, 2.75) is 39.3 Å². The van der Waals surface area contributed by atoms with Crippen LogP contribution in [0, 0.1) is 6.92 Å². The smallest absolute Gasteiger partial charge is 0.150 e. The molecule has 0 bridgehead atoms. The summed E-state index contributed by atoms with van der Waals surface area (Å²) < 4.78 is 2.07. The van der Waals surface area contributed by atoms with Crippen LogP contribution in [0.4, 0.5) is 0 Å². The second-order valence-electron chi connectivity index (χ2n) is 4.46. The Labute approximate surface area is 100 Å². The van der Waals surface area contributed by atoms with Crippen LogP contribution >= 0.6 is 0 Å². The van der Waals surface area contributed by atoms with E-state index in [0.717, 1.165) is 17.3 Å². The zero-order valence-electron chi connectivity index (χ0n) is 10.4. The Kier molecular flexibility index (Phi) is 3.23. The normalized spacial score (nSPS) is 13.2. The van der Waals surface area contributed by atoms with Crippen LogP contribution in [0.1, 0.15) is 43.3 Å². The molecule has 1 atom stereocenters. The van der Waals surface area contributed by atoms with E-state index in [2.05, 4.69) is 38.6 Å². The lowest BCUT2D eigenvalue weighted by Gasteiger charge is -2.16. The zero-order valence-corrected chi connectivity index (χ0v) is 10.4. The van der Waals surface area contributed by atoms with E-state index >= 15 is 0 Å². The maximum Gasteiger partial charge on any atom is 0.150 e. The maximum atomic E-state index is 6.17. The Morgan fingerprint density at radius 2 is 2.18 bits per heavy atom. The van der Waals surface area contributed by atoms with Gasteiger partial charge in [-0.1, -0.05) is 0 Å². The minimum atomic E-state index is -0.168. The molecule has 2 aromatic heterocycles. The fourth-order valence-electron chi connectivity index (χ4n) is 2.00. The Bertz CT molecular complexity index is 470. The van der Waals surface area contributed by atoms with Crippen LogP contribution in [0.2, 0.25) is 0 Å². The van der Waals surface area contributed by atoms with Gasteiger partial charge in [-0.25, -0.2) is 4.98 Å². The standard InChI is InChI=1S/C11H18N6/c1-7(2)17-8(3)15-16-11(17)10(12)4-9-5-13-6-14-9/h5-7,10H,4,12H2,1-3H3,(H,13,14). The SMILES string of the molecule is Cc1nnc(C(N)Cc2cnc[nH]2)n1C(C)C. The molecular weight excluding hydrogens is 216 g/mol. The first-order valence-corrected chi connectivity index (χ1v) is 5.73. The van der Waals surface area contributed by atoms with Crippen LogP contribution in [-0.4, -0.2) is 24.7 Å². The molecule has 2 aromatic rings. The van der Waals surface area contributed by atoms with Crippen molar-refractivity contribution in [3.8, 4) is 0 Å². The van der Waals surface area contributed by atoms with Gasteiger partial charge >= 0.3 is 0 Å². The number of rotatable bonds is 4. The molecular formula is C11H18N6. The average Bonchev–Trinajstić information content (AvgIpc) is 2.86. The summed E-state index contributed by atoms with van der Waals surface area (Å²) in [5.41, 5.74) is 7.17. The minimum Gasteiger partial charge on any atom is -0.348 e. The third-order valence-electron chi connectivity index (χ3n) is 2.74. The summed E-state index contributed by atoms with van der Waals surface area (Å²) >= 11 is 0. The van der Waals surface area contributed by atoms with Gasteiger partial charge < -0.3 is 15.3 Å². The van der Waals surface area contributed by atoms with Gasteiger partial charge in [0.15, 0.2) is 5.82 Å². The summed E-state index contributed by atoms with van der Waals surface area (Å²) in [6, 6.07) is 0.145. The Balaban J connectivity index is 2.22. The van der Waals surface area contributed by atoms with E-state index in [1.165, 1.54) is 0 Å².